The van der Waals surface area contributed by atoms with Gasteiger partial charge in [0.25, 0.3) is 0 Å². The van der Waals surface area contributed by atoms with Crippen molar-refractivity contribution in [3.8, 4) is 0 Å². The minimum atomic E-state index is -0.548. The Morgan fingerprint density at radius 1 is 1.23 bits per heavy atom. The highest BCUT2D eigenvalue weighted by Crippen LogP contribution is 2.22. The van der Waals surface area contributed by atoms with Crippen molar-refractivity contribution >= 4 is 29.7 Å². The fraction of sp³-hybridized carbons (Fsp3) is 0.389. The minimum absolute atomic E-state index is 0.134. The van der Waals surface area contributed by atoms with Crippen LogP contribution in [0.2, 0.25) is 0 Å². The van der Waals surface area contributed by atoms with E-state index in [9.17, 15) is 14.4 Å². The first-order valence-electron chi connectivity index (χ1n) is 8.24. The number of aryl methyl sites for hydroxylation is 1. The molecule has 1 aromatic carbocycles. The number of hydrogen-bond donors (Lipinski definition) is 2. The average molecular weight is 378 g/mol. The summed E-state index contributed by atoms with van der Waals surface area (Å²) in [6, 6.07) is 6.76. The largest absolute Gasteiger partial charge is 0.463 e. The number of nitrogens with one attached hydrogen (secondary N) is 2. The van der Waals surface area contributed by atoms with Crippen LogP contribution in [0.4, 0.5) is 4.79 Å². The van der Waals surface area contributed by atoms with Gasteiger partial charge in [0, 0.05) is 4.90 Å². The molecule has 2 N–H and O–H groups in total. The number of rotatable bonds is 7. The Morgan fingerprint density at radius 3 is 2.65 bits per heavy atom. The Labute approximate surface area is 156 Å². The van der Waals surface area contributed by atoms with Gasteiger partial charge in [0.05, 0.1) is 29.7 Å². The van der Waals surface area contributed by atoms with Crippen LogP contribution in [0.5, 0.6) is 0 Å². The summed E-state index contributed by atoms with van der Waals surface area (Å²) < 4.78 is 10.2. The Morgan fingerprint density at radius 2 is 1.96 bits per heavy atom. The summed E-state index contributed by atoms with van der Waals surface area (Å²) in [5.74, 6) is -0.850. The van der Waals surface area contributed by atoms with E-state index in [0.717, 1.165) is 10.5 Å². The highest BCUT2D eigenvalue weighted by molar-refractivity contribution is 8.00. The lowest BCUT2D eigenvalue weighted by atomic mass is 10.0. The summed E-state index contributed by atoms with van der Waals surface area (Å²) >= 11 is 1.38. The first kappa shape index (κ1) is 19.8. The van der Waals surface area contributed by atoms with Gasteiger partial charge in [-0.25, -0.2) is 9.59 Å². The zero-order valence-corrected chi connectivity index (χ0v) is 15.8. The maximum atomic E-state index is 12.1. The van der Waals surface area contributed by atoms with E-state index >= 15 is 0 Å². The second-order valence-electron chi connectivity index (χ2n) is 5.65. The van der Waals surface area contributed by atoms with E-state index in [0.29, 0.717) is 0 Å². The molecule has 0 saturated carbocycles. The molecule has 1 aliphatic heterocycles. The predicted octanol–water partition coefficient (Wildman–Crippen LogP) is 2.15. The van der Waals surface area contributed by atoms with E-state index in [1.54, 1.807) is 13.8 Å². The van der Waals surface area contributed by atoms with Gasteiger partial charge in [0.15, 0.2) is 0 Å². The third-order valence-electron chi connectivity index (χ3n) is 3.68. The molecule has 1 aromatic rings. The third-order valence-corrected chi connectivity index (χ3v) is 4.83. The van der Waals surface area contributed by atoms with E-state index in [4.69, 9.17) is 9.47 Å². The van der Waals surface area contributed by atoms with Gasteiger partial charge in [-0.15, -0.1) is 11.8 Å². The van der Waals surface area contributed by atoms with Crippen molar-refractivity contribution in [3.63, 3.8) is 0 Å². The molecule has 0 fully saturated rings. The molecule has 8 heteroatoms. The molecule has 0 spiro atoms. The fourth-order valence-corrected chi connectivity index (χ4v) is 3.27. The molecular weight excluding hydrogens is 356 g/mol. The summed E-state index contributed by atoms with van der Waals surface area (Å²) in [7, 11) is 0. The Kier molecular flexibility index (Phi) is 7.08. The molecule has 2 amide bonds. The maximum Gasteiger partial charge on any atom is 0.338 e. The zero-order chi connectivity index (χ0) is 19.1. The molecule has 0 aliphatic carbocycles. The number of benzene rings is 1. The molecular formula is C18H22N2O5S. The van der Waals surface area contributed by atoms with E-state index in [2.05, 4.69) is 10.6 Å². The lowest BCUT2D eigenvalue weighted by Crippen LogP contribution is -2.50. The molecule has 1 heterocycles. The van der Waals surface area contributed by atoms with Gasteiger partial charge < -0.3 is 20.1 Å². The molecule has 0 radical (unpaired) electrons. The minimum Gasteiger partial charge on any atom is -0.463 e. The summed E-state index contributed by atoms with van der Waals surface area (Å²) in [6.45, 7) is 5.35. The van der Waals surface area contributed by atoms with E-state index in [1.807, 2.05) is 31.2 Å². The van der Waals surface area contributed by atoms with E-state index < -0.39 is 24.0 Å². The van der Waals surface area contributed by atoms with Crippen molar-refractivity contribution < 1.29 is 23.9 Å². The van der Waals surface area contributed by atoms with Crippen LogP contribution in [-0.4, -0.2) is 43.0 Å². The number of esters is 2. The number of ether oxygens (including phenoxy) is 2. The van der Waals surface area contributed by atoms with E-state index in [1.165, 1.54) is 11.8 Å². The number of carbonyl (C=O) groups is 3. The standard InChI is InChI=1S/C18H22N2O5S/c1-4-24-17(22)16-12(3)19-18(23)20-13(16)9-25-15(21)10-26-14-8-6-5-7-11(14)2/h5-8,12H,4,9-10H2,1-3H3,(H2,19,20,23). The molecule has 2 rings (SSSR count). The van der Waals surface area contributed by atoms with Crippen molar-refractivity contribution in [1.29, 1.82) is 0 Å². The van der Waals surface area contributed by atoms with Crippen LogP contribution in [0.1, 0.15) is 19.4 Å². The monoisotopic (exact) mass is 378 g/mol. The van der Waals surface area contributed by atoms with Crippen LogP contribution in [0.15, 0.2) is 40.4 Å². The number of urea groups is 1. The van der Waals surface area contributed by atoms with Crippen LogP contribution in [0, 0.1) is 6.92 Å². The second-order valence-corrected chi connectivity index (χ2v) is 6.66. The number of thioether (sulfide) groups is 1. The molecule has 7 nitrogen and oxygen atoms in total. The van der Waals surface area contributed by atoms with Crippen molar-refractivity contribution in [2.75, 3.05) is 19.0 Å². The van der Waals surface area contributed by atoms with Gasteiger partial charge in [-0.05, 0) is 32.4 Å². The molecule has 1 atom stereocenters. The van der Waals surface area contributed by atoms with Crippen LogP contribution in [0.3, 0.4) is 0 Å². The molecule has 26 heavy (non-hydrogen) atoms. The summed E-state index contributed by atoms with van der Waals surface area (Å²) in [5.41, 5.74) is 1.58. The van der Waals surface area contributed by atoms with Gasteiger partial charge >= 0.3 is 18.0 Å². The average Bonchev–Trinajstić information content (AvgIpc) is 2.58. The molecule has 1 aliphatic rings. The quantitative estimate of drug-likeness (QED) is 0.558. The lowest BCUT2D eigenvalue weighted by Gasteiger charge is -2.26. The van der Waals surface area contributed by atoms with Gasteiger partial charge in [-0.2, -0.15) is 0 Å². The Bertz CT molecular complexity index is 732. The van der Waals surface area contributed by atoms with Crippen molar-refractivity contribution in [2.45, 2.75) is 31.7 Å². The fourth-order valence-electron chi connectivity index (χ4n) is 2.44. The van der Waals surface area contributed by atoms with Crippen molar-refractivity contribution in [2.24, 2.45) is 0 Å². The highest BCUT2D eigenvalue weighted by atomic mass is 32.2. The topological polar surface area (TPSA) is 93.7 Å². The second kappa shape index (κ2) is 9.28. The van der Waals surface area contributed by atoms with Gasteiger partial charge in [0.1, 0.15) is 6.61 Å². The Balaban J connectivity index is 1.99. The first-order chi connectivity index (χ1) is 12.4. The maximum absolute atomic E-state index is 12.1. The normalized spacial score (nSPS) is 16.6. The molecule has 1 unspecified atom stereocenters. The van der Waals surface area contributed by atoms with Crippen LogP contribution >= 0.6 is 11.8 Å². The van der Waals surface area contributed by atoms with Gasteiger partial charge in [0.2, 0.25) is 0 Å². The lowest BCUT2D eigenvalue weighted by molar-refractivity contribution is -0.141. The smallest absolute Gasteiger partial charge is 0.338 e. The molecule has 0 aromatic heterocycles. The predicted molar refractivity (Wildman–Crippen MR) is 97.7 cm³/mol. The van der Waals surface area contributed by atoms with Crippen molar-refractivity contribution in [3.05, 3.63) is 41.1 Å². The van der Waals surface area contributed by atoms with E-state index in [-0.39, 0.29) is 30.2 Å². The highest BCUT2D eigenvalue weighted by Gasteiger charge is 2.30. The van der Waals surface area contributed by atoms with Crippen LogP contribution in [0.25, 0.3) is 0 Å². The van der Waals surface area contributed by atoms with Crippen LogP contribution in [-0.2, 0) is 19.1 Å². The first-order valence-corrected chi connectivity index (χ1v) is 9.22. The molecule has 0 saturated heterocycles. The number of carbonyl (C=O) groups excluding carboxylic acids is 3. The molecule has 0 bridgehead atoms. The Hall–Kier alpha value is -2.48. The summed E-state index contributed by atoms with van der Waals surface area (Å²) in [4.78, 5) is 36.8. The number of amides is 2. The third kappa shape index (κ3) is 5.26. The summed E-state index contributed by atoms with van der Waals surface area (Å²) in [6.07, 6.45) is 0. The van der Waals surface area contributed by atoms with Crippen molar-refractivity contribution in [1.82, 2.24) is 10.6 Å². The number of hydrogen-bond acceptors (Lipinski definition) is 6. The zero-order valence-electron chi connectivity index (χ0n) is 15.0. The SMILES string of the molecule is CCOC(=O)C1=C(COC(=O)CSc2ccccc2C)NC(=O)NC1C. The van der Waals surface area contributed by atoms with Gasteiger partial charge in [-0.1, -0.05) is 18.2 Å². The summed E-state index contributed by atoms with van der Waals surface area (Å²) in [5, 5.41) is 5.10. The molecule has 140 valence electrons. The van der Waals surface area contributed by atoms with Crippen LogP contribution < -0.4 is 10.6 Å². The van der Waals surface area contributed by atoms with Gasteiger partial charge in [-0.3, -0.25) is 4.79 Å².